The molecule has 0 spiro atoms. The molecule has 0 unspecified atom stereocenters. The number of anilines is 1. The van der Waals surface area contributed by atoms with Gasteiger partial charge in [0.05, 0.1) is 34.3 Å². The Hall–Kier alpha value is -1.94. The van der Waals surface area contributed by atoms with Crippen LogP contribution in [0.5, 0.6) is 0 Å². The predicted octanol–water partition coefficient (Wildman–Crippen LogP) is 3.77. The van der Waals surface area contributed by atoms with Crippen molar-refractivity contribution in [3.8, 4) is 0 Å². The van der Waals surface area contributed by atoms with Crippen molar-refractivity contribution < 1.29 is 0 Å². The number of hydrogen-bond acceptors (Lipinski definition) is 2. The molecule has 0 saturated heterocycles. The third-order valence-corrected chi connectivity index (χ3v) is 3.72. The second-order valence-electron chi connectivity index (χ2n) is 4.63. The number of aromatic amines is 2. The lowest BCUT2D eigenvalue weighted by atomic mass is 10.2. The van der Waals surface area contributed by atoms with Gasteiger partial charge in [-0.2, -0.15) is 5.10 Å². The van der Waals surface area contributed by atoms with Crippen LogP contribution >= 0.6 is 11.6 Å². The maximum Gasteiger partial charge on any atom is 0.0825 e. The zero-order chi connectivity index (χ0) is 13.4. The third kappa shape index (κ3) is 2.08. The smallest absolute Gasteiger partial charge is 0.0825 e. The Morgan fingerprint density at radius 1 is 1.26 bits per heavy atom. The van der Waals surface area contributed by atoms with Gasteiger partial charge in [-0.1, -0.05) is 29.8 Å². The van der Waals surface area contributed by atoms with Crippen molar-refractivity contribution in [3.63, 3.8) is 0 Å². The number of aromatic nitrogens is 3. The summed E-state index contributed by atoms with van der Waals surface area (Å²) in [7, 11) is 0. The molecule has 0 aliphatic carbocycles. The van der Waals surface area contributed by atoms with E-state index < -0.39 is 0 Å². The van der Waals surface area contributed by atoms with Crippen LogP contribution in [0.25, 0.3) is 10.9 Å². The highest BCUT2D eigenvalue weighted by atomic mass is 35.5. The molecule has 19 heavy (non-hydrogen) atoms. The Bertz CT molecular complexity index is 707. The molecule has 3 N–H and O–H groups in total. The molecule has 0 aliphatic heterocycles. The number of H-pyrrole nitrogens is 2. The minimum Gasteiger partial charge on any atom is -0.376 e. The van der Waals surface area contributed by atoms with Crippen molar-refractivity contribution in [1.82, 2.24) is 15.2 Å². The second-order valence-corrected chi connectivity index (χ2v) is 5.00. The molecule has 0 bridgehead atoms. The summed E-state index contributed by atoms with van der Waals surface area (Å²) < 4.78 is 0. The van der Waals surface area contributed by atoms with Crippen LogP contribution in [0.4, 0.5) is 5.69 Å². The minimum absolute atomic E-state index is 0.648. The monoisotopic (exact) mass is 274 g/mol. The van der Waals surface area contributed by atoms with E-state index in [9.17, 15) is 0 Å². The van der Waals surface area contributed by atoms with Crippen molar-refractivity contribution >= 4 is 28.2 Å². The first-order valence-corrected chi connectivity index (χ1v) is 6.55. The summed E-state index contributed by atoms with van der Waals surface area (Å²) in [6.07, 6.45) is 0. The molecular weight excluding hydrogens is 260 g/mol. The number of nitrogens with one attached hydrogen (secondary N) is 3. The first kappa shape index (κ1) is 12.1. The van der Waals surface area contributed by atoms with E-state index in [-0.39, 0.29) is 0 Å². The number of nitrogens with zero attached hydrogens (tertiary/aromatic N) is 1. The normalized spacial score (nSPS) is 11.1. The summed E-state index contributed by atoms with van der Waals surface area (Å²) in [6, 6.07) is 8.03. The molecule has 0 amide bonds. The van der Waals surface area contributed by atoms with Crippen molar-refractivity contribution in [2.45, 2.75) is 20.4 Å². The number of rotatable bonds is 3. The molecule has 98 valence electrons. The standard InChI is InChI=1S/C14H15ClN4/c1-8-14(9(2)19-18-8)16-7-12-13(15)10-5-3-4-6-11(10)17-12/h3-6,16-17H,7H2,1-2H3,(H,18,19). The van der Waals surface area contributed by atoms with Crippen LogP contribution in [0.15, 0.2) is 24.3 Å². The Morgan fingerprint density at radius 3 is 2.74 bits per heavy atom. The SMILES string of the molecule is Cc1n[nH]c(C)c1NCc1[nH]c2ccccc2c1Cl. The highest BCUT2D eigenvalue weighted by Crippen LogP contribution is 2.28. The lowest BCUT2D eigenvalue weighted by Crippen LogP contribution is -2.01. The van der Waals surface area contributed by atoms with Gasteiger partial charge in [0.15, 0.2) is 0 Å². The van der Waals surface area contributed by atoms with Gasteiger partial charge in [-0.15, -0.1) is 0 Å². The number of aryl methyl sites for hydroxylation is 2. The van der Waals surface area contributed by atoms with Crippen LogP contribution in [0.2, 0.25) is 5.02 Å². The summed E-state index contributed by atoms with van der Waals surface area (Å²) in [5.74, 6) is 0. The maximum atomic E-state index is 6.38. The predicted molar refractivity (Wildman–Crippen MR) is 78.7 cm³/mol. The average Bonchev–Trinajstić information content (AvgIpc) is 2.90. The molecule has 0 radical (unpaired) electrons. The first-order chi connectivity index (χ1) is 9.16. The van der Waals surface area contributed by atoms with E-state index in [1.54, 1.807) is 0 Å². The highest BCUT2D eigenvalue weighted by Gasteiger charge is 2.10. The number of para-hydroxylation sites is 1. The van der Waals surface area contributed by atoms with Gasteiger partial charge in [0.2, 0.25) is 0 Å². The maximum absolute atomic E-state index is 6.38. The van der Waals surface area contributed by atoms with Crippen LogP contribution in [0.1, 0.15) is 17.1 Å². The fourth-order valence-corrected chi connectivity index (χ4v) is 2.55. The molecule has 2 aromatic heterocycles. The molecule has 4 nitrogen and oxygen atoms in total. The van der Waals surface area contributed by atoms with Crippen LogP contribution in [0.3, 0.4) is 0 Å². The first-order valence-electron chi connectivity index (χ1n) is 6.17. The van der Waals surface area contributed by atoms with Crippen molar-refractivity contribution in [2.75, 3.05) is 5.32 Å². The Morgan fingerprint density at radius 2 is 2.05 bits per heavy atom. The van der Waals surface area contributed by atoms with Gasteiger partial charge in [0, 0.05) is 10.9 Å². The molecule has 5 heteroatoms. The zero-order valence-corrected chi connectivity index (χ0v) is 11.6. The van der Waals surface area contributed by atoms with E-state index in [0.29, 0.717) is 6.54 Å². The topological polar surface area (TPSA) is 56.5 Å². The summed E-state index contributed by atoms with van der Waals surface area (Å²) >= 11 is 6.38. The second kappa shape index (κ2) is 4.63. The summed E-state index contributed by atoms with van der Waals surface area (Å²) in [5, 5.41) is 12.3. The quantitative estimate of drug-likeness (QED) is 0.681. The lowest BCUT2D eigenvalue weighted by Gasteiger charge is -2.05. The third-order valence-electron chi connectivity index (χ3n) is 3.28. The zero-order valence-electron chi connectivity index (χ0n) is 10.8. The highest BCUT2D eigenvalue weighted by molar-refractivity contribution is 6.36. The van der Waals surface area contributed by atoms with Crippen LogP contribution in [-0.4, -0.2) is 15.2 Å². The number of halogens is 1. The van der Waals surface area contributed by atoms with Crippen LogP contribution < -0.4 is 5.32 Å². The van der Waals surface area contributed by atoms with E-state index >= 15 is 0 Å². The number of hydrogen-bond donors (Lipinski definition) is 3. The number of fused-ring (bicyclic) bond motifs is 1. The average molecular weight is 275 g/mol. The lowest BCUT2D eigenvalue weighted by molar-refractivity contribution is 1.02. The van der Waals surface area contributed by atoms with Crippen LogP contribution in [0, 0.1) is 13.8 Å². The fraction of sp³-hybridized carbons (Fsp3) is 0.214. The summed E-state index contributed by atoms with van der Waals surface area (Å²) in [5.41, 5.74) is 5.08. The summed E-state index contributed by atoms with van der Waals surface area (Å²) in [6.45, 7) is 4.61. The Balaban J connectivity index is 1.88. The fourth-order valence-electron chi connectivity index (χ4n) is 2.27. The largest absolute Gasteiger partial charge is 0.376 e. The summed E-state index contributed by atoms with van der Waals surface area (Å²) in [4.78, 5) is 3.34. The molecule has 2 heterocycles. The minimum atomic E-state index is 0.648. The van der Waals surface area contributed by atoms with Crippen molar-refractivity contribution in [1.29, 1.82) is 0 Å². The Labute approximate surface area is 116 Å². The van der Waals surface area contributed by atoms with E-state index in [0.717, 1.165) is 38.7 Å². The van der Waals surface area contributed by atoms with E-state index in [1.165, 1.54) is 0 Å². The van der Waals surface area contributed by atoms with Gasteiger partial charge >= 0.3 is 0 Å². The molecule has 0 saturated carbocycles. The van der Waals surface area contributed by atoms with Gasteiger partial charge in [0.1, 0.15) is 0 Å². The van der Waals surface area contributed by atoms with Crippen molar-refractivity contribution in [2.24, 2.45) is 0 Å². The molecule has 0 aliphatic rings. The molecular formula is C14H15ClN4. The van der Waals surface area contributed by atoms with E-state index in [4.69, 9.17) is 11.6 Å². The number of benzene rings is 1. The van der Waals surface area contributed by atoms with Crippen molar-refractivity contribution in [3.05, 3.63) is 46.4 Å². The van der Waals surface area contributed by atoms with Gasteiger partial charge in [-0.05, 0) is 19.9 Å². The van der Waals surface area contributed by atoms with Crippen LogP contribution in [-0.2, 0) is 6.54 Å². The van der Waals surface area contributed by atoms with Gasteiger partial charge < -0.3 is 10.3 Å². The molecule has 0 fully saturated rings. The molecule has 0 atom stereocenters. The van der Waals surface area contributed by atoms with E-state index in [1.807, 2.05) is 38.1 Å². The van der Waals surface area contributed by atoms with Gasteiger partial charge in [-0.3, -0.25) is 5.10 Å². The Kier molecular flexibility index (Phi) is 2.95. The van der Waals surface area contributed by atoms with Gasteiger partial charge in [-0.25, -0.2) is 0 Å². The van der Waals surface area contributed by atoms with Gasteiger partial charge in [0.25, 0.3) is 0 Å². The molecule has 3 rings (SSSR count). The molecule has 1 aromatic carbocycles. The molecule has 3 aromatic rings. The van der Waals surface area contributed by atoms with E-state index in [2.05, 4.69) is 20.5 Å².